The first kappa shape index (κ1) is 25.7. The van der Waals surface area contributed by atoms with Gasteiger partial charge in [0.1, 0.15) is 18.2 Å². The van der Waals surface area contributed by atoms with Gasteiger partial charge in [0.05, 0.1) is 35.8 Å². The highest BCUT2D eigenvalue weighted by Gasteiger charge is 2.44. The van der Waals surface area contributed by atoms with Gasteiger partial charge in [-0.15, -0.1) is 0 Å². The van der Waals surface area contributed by atoms with Crippen LogP contribution >= 0.6 is 15.9 Å². The van der Waals surface area contributed by atoms with Crippen LogP contribution in [0.5, 0.6) is 5.75 Å². The average Bonchev–Trinajstić information content (AvgIpc) is 3.52. The molecule has 10 nitrogen and oxygen atoms in total. The van der Waals surface area contributed by atoms with E-state index in [9.17, 15) is 15.0 Å². The molecule has 4 N–H and O–H groups in total. The molecule has 5 heterocycles. The van der Waals surface area contributed by atoms with Crippen molar-refractivity contribution in [2.24, 2.45) is 0 Å². The molecule has 2 saturated heterocycles. The number of hydrogen-bond acceptors (Lipinski definition) is 8. The molecule has 11 heteroatoms. The second-order valence-corrected chi connectivity index (χ2v) is 10.9. The Morgan fingerprint density at radius 2 is 1.87 bits per heavy atom. The van der Waals surface area contributed by atoms with Crippen LogP contribution in [0.15, 0.2) is 47.2 Å². The number of methoxy groups -OCH3 is 1. The monoisotopic (exact) mass is 592 g/mol. The predicted molar refractivity (Wildman–Crippen MR) is 149 cm³/mol. The molecule has 1 aromatic carbocycles. The van der Waals surface area contributed by atoms with Crippen LogP contribution in [0.1, 0.15) is 42.9 Å². The van der Waals surface area contributed by atoms with Gasteiger partial charge in [-0.2, -0.15) is 9.61 Å². The number of nitrogens with two attached hydrogens (primary N) is 1. The Morgan fingerprint density at radius 1 is 1.13 bits per heavy atom. The number of aliphatic hydroxyl groups is 2. The van der Waals surface area contributed by atoms with Crippen molar-refractivity contribution < 1.29 is 19.7 Å². The second-order valence-electron chi connectivity index (χ2n) is 10.1. The molecular weight excluding hydrogens is 564 g/mol. The summed E-state index contributed by atoms with van der Waals surface area (Å²) >= 11 is 3.67. The molecule has 2 fully saturated rings. The highest BCUT2D eigenvalue weighted by molar-refractivity contribution is 9.10. The molecule has 0 aliphatic carbocycles. The van der Waals surface area contributed by atoms with Gasteiger partial charge in [0, 0.05) is 46.5 Å². The lowest BCUT2D eigenvalue weighted by Gasteiger charge is -2.38. The number of ether oxygens (including phenoxy) is 1. The number of anilines is 1. The molecule has 2 aliphatic rings. The molecule has 2 unspecified atom stereocenters. The van der Waals surface area contributed by atoms with Gasteiger partial charge in [-0.3, -0.25) is 9.78 Å². The first-order valence-corrected chi connectivity index (χ1v) is 13.7. The summed E-state index contributed by atoms with van der Waals surface area (Å²) in [5.41, 5.74) is 12.0. The Bertz CT molecular complexity index is 1540. The van der Waals surface area contributed by atoms with Gasteiger partial charge in [-0.1, -0.05) is 6.07 Å². The van der Waals surface area contributed by atoms with E-state index < -0.39 is 6.61 Å². The van der Waals surface area contributed by atoms with E-state index in [1.807, 2.05) is 35.2 Å². The van der Waals surface area contributed by atoms with Crippen LogP contribution in [0.4, 0.5) is 5.82 Å². The van der Waals surface area contributed by atoms with Gasteiger partial charge in [0.2, 0.25) is 5.91 Å². The minimum atomic E-state index is -0.453. The average molecular weight is 593 g/mol. The first-order chi connectivity index (χ1) is 18.9. The number of carbonyl (C=O) groups is 1. The quantitative estimate of drug-likeness (QED) is 0.309. The molecule has 2 aliphatic heterocycles. The molecule has 0 spiro atoms. The maximum Gasteiger partial charge on any atom is 0.248 e. The molecule has 0 saturated carbocycles. The van der Waals surface area contributed by atoms with Crippen molar-refractivity contribution in [2.45, 2.75) is 50.3 Å². The number of aliphatic hydroxyl groups excluding tert-OH is 2. The summed E-state index contributed by atoms with van der Waals surface area (Å²) in [5, 5.41) is 23.6. The summed E-state index contributed by atoms with van der Waals surface area (Å²) in [4.78, 5) is 23.9. The Labute approximate surface area is 233 Å². The van der Waals surface area contributed by atoms with Crippen molar-refractivity contribution >= 4 is 33.3 Å². The van der Waals surface area contributed by atoms with Crippen LogP contribution < -0.4 is 10.5 Å². The molecule has 4 aromatic rings. The molecule has 2 bridgehead atoms. The Balaban J connectivity index is 1.33. The number of nitrogens with zero attached hydrogens (tertiary/aromatic N) is 5. The first-order valence-electron chi connectivity index (χ1n) is 12.9. The van der Waals surface area contributed by atoms with E-state index in [0.717, 1.165) is 58.2 Å². The summed E-state index contributed by atoms with van der Waals surface area (Å²) in [6.45, 7) is -0.577. The third-order valence-corrected chi connectivity index (χ3v) is 8.82. The number of rotatable bonds is 6. The Kier molecular flexibility index (Phi) is 6.74. The van der Waals surface area contributed by atoms with E-state index in [2.05, 4.69) is 26.0 Å². The third-order valence-electron chi connectivity index (χ3n) is 8.01. The normalized spacial score (nSPS) is 20.5. The molecule has 39 heavy (non-hydrogen) atoms. The zero-order valence-electron chi connectivity index (χ0n) is 21.4. The molecule has 3 aromatic heterocycles. The number of hydrogen-bond donors (Lipinski definition) is 3. The molecule has 6 rings (SSSR count). The molecule has 0 radical (unpaired) electrons. The van der Waals surface area contributed by atoms with Crippen molar-refractivity contribution in [3.63, 3.8) is 0 Å². The van der Waals surface area contributed by atoms with Crippen LogP contribution in [0.3, 0.4) is 0 Å². The van der Waals surface area contributed by atoms with Gasteiger partial charge in [0.25, 0.3) is 0 Å². The van der Waals surface area contributed by atoms with Crippen LogP contribution in [0.2, 0.25) is 0 Å². The smallest absolute Gasteiger partial charge is 0.248 e. The van der Waals surface area contributed by atoms with Crippen molar-refractivity contribution in [1.82, 2.24) is 24.5 Å². The maximum atomic E-state index is 12.3. The predicted octanol–water partition coefficient (Wildman–Crippen LogP) is 3.53. The van der Waals surface area contributed by atoms with E-state index in [4.69, 9.17) is 15.5 Å². The molecule has 1 amide bonds. The largest absolute Gasteiger partial charge is 0.496 e. The van der Waals surface area contributed by atoms with Gasteiger partial charge < -0.3 is 25.6 Å². The van der Waals surface area contributed by atoms with Crippen molar-refractivity contribution in [2.75, 3.05) is 19.5 Å². The lowest BCUT2D eigenvalue weighted by Crippen LogP contribution is -2.47. The summed E-state index contributed by atoms with van der Waals surface area (Å²) in [6, 6.07) is 9.71. The number of pyridine rings is 1. The second kappa shape index (κ2) is 10.2. The highest BCUT2D eigenvalue weighted by atomic mass is 79.9. The van der Waals surface area contributed by atoms with Crippen molar-refractivity contribution in [3.8, 4) is 28.1 Å². The fourth-order valence-corrected chi connectivity index (χ4v) is 6.74. The minimum Gasteiger partial charge on any atom is -0.496 e. The number of nitrogen functional groups attached to an aromatic ring is 1. The number of aromatic nitrogens is 4. The van der Waals surface area contributed by atoms with Gasteiger partial charge in [-0.25, -0.2) is 4.98 Å². The van der Waals surface area contributed by atoms with E-state index in [0.29, 0.717) is 22.8 Å². The number of fused-ring (bicyclic) bond motifs is 3. The van der Waals surface area contributed by atoms with Gasteiger partial charge in [-0.05, 0) is 65.9 Å². The molecule has 202 valence electrons. The van der Waals surface area contributed by atoms with Gasteiger partial charge >= 0.3 is 0 Å². The van der Waals surface area contributed by atoms with E-state index in [-0.39, 0.29) is 30.5 Å². The number of halogens is 1. The van der Waals surface area contributed by atoms with E-state index in [1.165, 1.54) is 0 Å². The van der Waals surface area contributed by atoms with E-state index in [1.54, 1.807) is 24.0 Å². The zero-order valence-corrected chi connectivity index (χ0v) is 23.0. The van der Waals surface area contributed by atoms with Gasteiger partial charge in [0.15, 0.2) is 5.65 Å². The van der Waals surface area contributed by atoms with Crippen LogP contribution in [-0.4, -0.2) is 66.4 Å². The van der Waals surface area contributed by atoms with E-state index >= 15 is 0 Å². The summed E-state index contributed by atoms with van der Waals surface area (Å²) in [6.07, 6.45) is 6.96. The lowest BCUT2D eigenvalue weighted by atomic mass is 9.87. The van der Waals surface area contributed by atoms with Crippen molar-refractivity contribution in [1.29, 1.82) is 0 Å². The van der Waals surface area contributed by atoms with Crippen LogP contribution in [0, 0.1) is 0 Å². The summed E-state index contributed by atoms with van der Waals surface area (Å²) < 4.78 is 7.66. The zero-order chi connectivity index (χ0) is 27.3. The number of piperidine rings is 1. The molecular formula is C28H29BrN6O4. The Morgan fingerprint density at radius 3 is 2.51 bits per heavy atom. The van der Waals surface area contributed by atoms with Crippen molar-refractivity contribution in [3.05, 3.63) is 58.5 Å². The molecule has 2 atom stereocenters. The third kappa shape index (κ3) is 4.34. The highest BCUT2D eigenvalue weighted by Crippen LogP contribution is 2.45. The summed E-state index contributed by atoms with van der Waals surface area (Å²) in [5.74, 6) is 1.04. The Hall–Kier alpha value is -3.54. The topological polar surface area (TPSA) is 139 Å². The fourth-order valence-electron chi connectivity index (χ4n) is 6.16. The fraction of sp³-hybridized carbons (Fsp3) is 0.357. The number of amides is 1. The summed E-state index contributed by atoms with van der Waals surface area (Å²) in [7, 11) is 1.58. The standard InChI is InChI=1S/C28H29BrN6O4/c1-39-23-7-3-15(8-18(23)13-36)22-6-2-16(11-31-22)21-12-32-35-27(30)25(29)26(33-28(21)35)17-9-19-4-5-20(10-17)34(19)24(38)14-37/h2-3,6-8,11-12,17,19-20,36-37H,4-5,9-10,13-14,30H2,1H3. The maximum absolute atomic E-state index is 12.3. The minimum absolute atomic E-state index is 0.102. The SMILES string of the molecule is COc1ccc(-c2ccc(-c3cnn4c(N)c(Br)c(C5CC6CCC(C5)N6C(=O)CO)nc34)cn2)cc1CO. The van der Waals surface area contributed by atoms with Crippen LogP contribution in [-0.2, 0) is 11.4 Å². The lowest BCUT2D eigenvalue weighted by molar-refractivity contribution is -0.138. The number of benzene rings is 1. The number of carbonyl (C=O) groups excluding carboxylic acids is 1. The van der Waals surface area contributed by atoms with Crippen LogP contribution in [0.25, 0.3) is 28.0 Å².